The monoisotopic (exact) mass is 448 g/mol. The first-order valence-corrected chi connectivity index (χ1v) is 10.8. The molecule has 0 aliphatic rings. The quantitative estimate of drug-likeness (QED) is 0.369. The molecule has 2 amide bonds. The molecule has 0 saturated carbocycles. The summed E-state index contributed by atoms with van der Waals surface area (Å²) in [5.74, 6) is 0. The minimum Gasteiger partial charge on any atom is -0.308 e. The topological polar surface area (TPSA) is 156 Å². The molecular formula is C17H16N6O5S2. The van der Waals surface area contributed by atoms with Crippen molar-refractivity contribution in [2.75, 3.05) is 15.4 Å². The van der Waals surface area contributed by atoms with E-state index in [0.717, 1.165) is 11.3 Å². The summed E-state index contributed by atoms with van der Waals surface area (Å²) in [6.45, 7) is 1.89. The van der Waals surface area contributed by atoms with Crippen LogP contribution in [0, 0.1) is 10.1 Å². The Balaban J connectivity index is 1.61. The van der Waals surface area contributed by atoms with Crippen LogP contribution in [0.4, 0.5) is 27.0 Å². The second-order valence-corrected chi connectivity index (χ2v) is 8.61. The van der Waals surface area contributed by atoms with E-state index in [0.29, 0.717) is 22.8 Å². The second kappa shape index (κ2) is 8.84. The number of urea groups is 1. The van der Waals surface area contributed by atoms with Crippen LogP contribution in [-0.4, -0.2) is 29.6 Å². The van der Waals surface area contributed by atoms with E-state index >= 15 is 0 Å². The molecule has 3 rings (SSSR count). The molecule has 0 unspecified atom stereocenters. The van der Waals surface area contributed by atoms with E-state index in [9.17, 15) is 23.3 Å². The maximum atomic E-state index is 12.4. The molecular weight excluding hydrogens is 432 g/mol. The number of aromatic nitrogens is 2. The molecule has 0 aliphatic carbocycles. The highest BCUT2D eigenvalue weighted by molar-refractivity contribution is 7.93. The second-order valence-electron chi connectivity index (χ2n) is 5.87. The van der Waals surface area contributed by atoms with Crippen LogP contribution in [-0.2, 0) is 16.4 Å². The van der Waals surface area contributed by atoms with E-state index in [1.54, 1.807) is 0 Å². The number of hydrogen-bond donors (Lipinski definition) is 3. The van der Waals surface area contributed by atoms with E-state index < -0.39 is 21.0 Å². The Kier molecular flexibility index (Phi) is 6.23. The largest absolute Gasteiger partial charge is 0.323 e. The van der Waals surface area contributed by atoms with Crippen LogP contribution in [0.3, 0.4) is 0 Å². The number of nitro benzene ring substituents is 1. The minimum atomic E-state index is -3.84. The number of anilines is 3. The summed E-state index contributed by atoms with van der Waals surface area (Å²) in [6.07, 6.45) is 0.654. The maximum Gasteiger partial charge on any atom is 0.323 e. The number of carbonyl (C=O) groups excluding carboxylic acids is 1. The molecule has 3 N–H and O–H groups in total. The highest BCUT2D eigenvalue weighted by atomic mass is 32.2. The fourth-order valence-corrected chi connectivity index (χ4v) is 4.20. The number of benzene rings is 2. The van der Waals surface area contributed by atoms with Gasteiger partial charge in [-0.1, -0.05) is 18.3 Å². The van der Waals surface area contributed by atoms with Gasteiger partial charge in [-0.25, -0.2) is 13.2 Å². The van der Waals surface area contributed by atoms with E-state index in [1.165, 1.54) is 48.5 Å². The van der Waals surface area contributed by atoms with Crippen LogP contribution in [0.1, 0.15) is 11.9 Å². The predicted molar refractivity (Wildman–Crippen MR) is 112 cm³/mol. The van der Waals surface area contributed by atoms with Gasteiger partial charge < -0.3 is 10.6 Å². The van der Waals surface area contributed by atoms with Gasteiger partial charge in [0.05, 0.1) is 9.82 Å². The van der Waals surface area contributed by atoms with Crippen LogP contribution < -0.4 is 15.4 Å². The zero-order valence-electron chi connectivity index (χ0n) is 15.5. The SMILES string of the molecule is CCc1nnc(NS(=O)(=O)c2ccc(NC(=O)Nc3ccc([N+](=O)[O-])cc3)cc2)s1. The van der Waals surface area contributed by atoms with Gasteiger partial charge in [-0.05, 0) is 42.8 Å². The molecule has 0 spiro atoms. The Hall–Kier alpha value is -3.58. The lowest BCUT2D eigenvalue weighted by Gasteiger charge is -2.09. The van der Waals surface area contributed by atoms with Crippen molar-refractivity contribution in [3.05, 3.63) is 63.7 Å². The van der Waals surface area contributed by atoms with Gasteiger partial charge in [0, 0.05) is 23.5 Å². The lowest BCUT2D eigenvalue weighted by atomic mass is 10.3. The molecule has 3 aromatic rings. The summed E-state index contributed by atoms with van der Waals surface area (Å²) in [5, 5.41) is 24.3. The van der Waals surface area contributed by atoms with E-state index in [2.05, 4.69) is 25.6 Å². The molecule has 0 atom stereocenters. The van der Waals surface area contributed by atoms with Crippen molar-refractivity contribution in [2.24, 2.45) is 0 Å². The summed E-state index contributed by atoms with van der Waals surface area (Å²) >= 11 is 1.15. The first-order valence-electron chi connectivity index (χ1n) is 8.54. The van der Waals surface area contributed by atoms with Crippen LogP contribution in [0.25, 0.3) is 0 Å². The Labute approximate surface area is 175 Å². The van der Waals surface area contributed by atoms with Gasteiger partial charge in [-0.3, -0.25) is 14.8 Å². The number of amides is 2. The summed E-state index contributed by atoms with van der Waals surface area (Å²) in [7, 11) is -3.84. The van der Waals surface area contributed by atoms with Gasteiger partial charge in [0.1, 0.15) is 5.01 Å². The molecule has 11 nitrogen and oxygen atoms in total. The van der Waals surface area contributed by atoms with Gasteiger partial charge >= 0.3 is 6.03 Å². The number of hydrogen-bond acceptors (Lipinski definition) is 8. The number of aryl methyl sites for hydroxylation is 1. The Morgan fingerprint density at radius 1 is 1.03 bits per heavy atom. The molecule has 0 radical (unpaired) electrons. The van der Waals surface area contributed by atoms with Crippen molar-refractivity contribution in [1.29, 1.82) is 0 Å². The normalized spacial score (nSPS) is 11.0. The van der Waals surface area contributed by atoms with E-state index in [-0.39, 0.29) is 15.7 Å². The third kappa shape index (κ3) is 5.27. The number of nitrogens with zero attached hydrogens (tertiary/aromatic N) is 3. The zero-order chi connectivity index (χ0) is 21.7. The van der Waals surface area contributed by atoms with Gasteiger partial charge in [-0.15, -0.1) is 10.2 Å². The molecule has 0 bridgehead atoms. The first kappa shape index (κ1) is 21.1. The summed E-state index contributed by atoms with van der Waals surface area (Å²) in [5.41, 5.74) is 0.633. The Bertz CT molecular complexity index is 1160. The lowest BCUT2D eigenvalue weighted by Crippen LogP contribution is -2.19. The number of carbonyl (C=O) groups is 1. The Morgan fingerprint density at radius 3 is 2.10 bits per heavy atom. The minimum absolute atomic E-state index is 0.00271. The van der Waals surface area contributed by atoms with Crippen molar-refractivity contribution in [3.63, 3.8) is 0 Å². The summed E-state index contributed by atoms with van der Waals surface area (Å²) in [6, 6.07) is 10.3. The summed E-state index contributed by atoms with van der Waals surface area (Å²) in [4.78, 5) is 22.2. The zero-order valence-corrected chi connectivity index (χ0v) is 17.2. The molecule has 0 aliphatic heterocycles. The third-order valence-corrected chi connectivity index (χ3v) is 6.22. The van der Waals surface area contributed by atoms with E-state index in [4.69, 9.17) is 0 Å². The van der Waals surface area contributed by atoms with Crippen molar-refractivity contribution in [3.8, 4) is 0 Å². The van der Waals surface area contributed by atoms with Gasteiger partial charge in [0.15, 0.2) is 0 Å². The molecule has 30 heavy (non-hydrogen) atoms. The van der Waals surface area contributed by atoms with E-state index in [1.807, 2.05) is 6.92 Å². The average molecular weight is 448 g/mol. The smallest absolute Gasteiger partial charge is 0.308 e. The van der Waals surface area contributed by atoms with Crippen molar-refractivity contribution >= 4 is 49.6 Å². The lowest BCUT2D eigenvalue weighted by molar-refractivity contribution is -0.384. The molecule has 156 valence electrons. The van der Waals surface area contributed by atoms with Crippen LogP contribution in [0.2, 0.25) is 0 Å². The maximum absolute atomic E-state index is 12.4. The van der Waals surface area contributed by atoms with Crippen LogP contribution >= 0.6 is 11.3 Å². The third-order valence-electron chi connectivity index (χ3n) is 3.75. The fourth-order valence-electron chi connectivity index (χ4n) is 2.29. The Morgan fingerprint density at radius 2 is 1.60 bits per heavy atom. The molecule has 13 heteroatoms. The molecule has 1 heterocycles. The van der Waals surface area contributed by atoms with Gasteiger partial charge in [0.25, 0.3) is 15.7 Å². The van der Waals surface area contributed by atoms with Crippen LogP contribution in [0.5, 0.6) is 0 Å². The average Bonchev–Trinajstić information content (AvgIpc) is 3.15. The fraction of sp³-hybridized carbons (Fsp3) is 0.118. The van der Waals surface area contributed by atoms with Crippen molar-refractivity contribution in [1.82, 2.24) is 10.2 Å². The molecule has 0 saturated heterocycles. The molecule has 2 aromatic carbocycles. The summed E-state index contributed by atoms with van der Waals surface area (Å²) < 4.78 is 27.2. The predicted octanol–water partition coefficient (Wildman–Crippen LogP) is 3.45. The number of sulfonamides is 1. The number of nitrogens with one attached hydrogen (secondary N) is 3. The van der Waals surface area contributed by atoms with Crippen molar-refractivity contribution in [2.45, 2.75) is 18.2 Å². The number of rotatable bonds is 7. The standard InChI is InChI=1S/C17H16N6O5S2/c1-2-15-20-21-17(29-15)22-30(27,28)14-9-5-12(6-10-14)19-16(24)18-11-3-7-13(8-4-11)23(25)26/h3-10H,2H2,1H3,(H,21,22)(H2,18,19,24). The number of nitro groups is 1. The number of non-ortho nitro benzene ring substituents is 1. The molecule has 0 fully saturated rings. The highest BCUT2D eigenvalue weighted by Gasteiger charge is 2.17. The van der Waals surface area contributed by atoms with Crippen molar-refractivity contribution < 1.29 is 18.1 Å². The highest BCUT2D eigenvalue weighted by Crippen LogP contribution is 2.21. The van der Waals surface area contributed by atoms with Gasteiger partial charge in [0.2, 0.25) is 5.13 Å². The van der Waals surface area contributed by atoms with Crippen LogP contribution in [0.15, 0.2) is 53.4 Å². The van der Waals surface area contributed by atoms with Gasteiger partial charge in [-0.2, -0.15) is 0 Å². The first-order chi connectivity index (χ1) is 14.3. The molecule has 1 aromatic heterocycles.